The molecular formula is C14H18N4O2. The molecule has 0 aliphatic heterocycles. The number of benzene rings is 1. The Hall–Kier alpha value is -2.21. The van der Waals surface area contributed by atoms with Crippen molar-refractivity contribution >= 4 is 5.97 Å². The lowest BCUT2D eigenvalue weighted by Crippen LogP contribution is -2.18. The predicted molar refractivity (Wildman–Crippen MR) is 74.2 cm³/mol. The summed E-state index contributed by atoms with van der Waals surface area (Å²) in [6, 6.07) is 7.45. The van der Waals surface area contributed by atoms with Crippen molar-refractivity contribution in [3.05, 3.63) is 47.5 Å². The van der Waals surface area contributed by atoms with Crippen LogP contribution in [0.2, 0.25) is 0 Å². The van der Waals surface area contributed by atoms with Gasteiger partial charge >= 0.3 is 5.97 Å². The summed E-state index contributed by atoms with van der Waals surface area (Å²) in [5.74, 6) is 0.589. The van der Waals surface area contributed by atoms with Crippen molar-refractivity contribution in [1.82, 2.24) is 20.5 Å². The van der Waals surface area contributed by atoms with Crippen LogP contribution in [0, 0.1) is 0 Å². The first-order chi connectivity index (χ1) is 9.81. The number of esters is 1. The monoisotopic (exact) mass is 274 g/mol. The molecule has 1 aromatic heterocycles. The van der Waals surface area contributed by atoms with Gasteiger partial charge in [0.15, 0.2) is 0 Å². The quantitative estimate of drug-likeness (QED) is 0.588. The molecule has 6 heteroatoms. The van der Waals surface area contributed by atoms with Gasteiger partial charge in [0, 0.05) is 13.0 Å². The van der Waals surface area contributed by atoms with E-state index in [4.69, 9.17) is 4.74 Å². The minimum absolute atomic E-state index is 0.302. The Labute approximate surface area is 117 Å². The number of aromatic amines is 1. The maximum absolute atomic E-state index is 11.6. The SMILES string of the molecule is COC(=O)c1ccccc1CNCCCc1ncn[nH]1. The lowest BCUT2D eigenvalue weighted by atomic mass is 10.1. The highest BCUT2D eigenvalue weighted by atomic mass is 16.5. The molecule has 2 aromatic rings. The number of methoxy groups -OCH3 is 1. The van der Waals surface area contributed by atoms with E-state index in [9.17, 15) is 4.79 Å². The van der Waals surface area contributed by atoms with Gasteiger partial charge in [0.25, 0.3) is 0 Å². The summed E-state index contributed by atoms with van der Waals surface area (Å²) in [5, 5.41) is 9.94. The summed E-state index contributed by atoms with van der Waals surface area (Å²) in [6.45, 7) is 1.48. The third kappa shape index (κ3) is 3.89. The second kappa shape index (κ2) is 7.40. The summed E-state index contributed by atoms with van der Waals surface area (Å²) in [5.41, 5.74) is 1.55. The number of hydrogen-bond donors (Lipinski definition) is 2. The summed E-state index contributed by atoms with van der Waals surface area (Å²) >= 11 is 0. The Bertz CT molecular complexity index is 540. The first-order valence-corrected chi connectivity index (χ1v) is 6.52. The summed E-state index contributed by atoms with van der Waals surface area (Å²) < 4.78 is 4.77. The van der Waals surface area contributed by atoms with Gasteiger partial charge in [0.2, 0.25) is 0 Å². The number of aromatic nitrogens is 3. The summed E-state index contributed by atoms with van der Waals surface area (Å²) in [6.07, 6.45) is 3.32. The smallest absolute Gasteiger partial charge is 0.338 e. The lowest BCUT2D eigenvalue weighted by molar-refractivity contribution is 0.0599. The van der Waals surface area contributed by atoms with Crippen LogP contribution in [0.25, 0.3) is 0 Å². The van der Waals surface area contributed by atoms with E-state index in [1.54, 1.807) is 6.07 Å². The van der Waals surface area contributed by atoms with Gasteiger partial charge in [-0.1, -0.05) is 18.2 Å². The van der Waals surface area contributed by atoms with Crippen LogP contribution < -0.4 is 5.32 Å². The molecule has 20 heavy (non-hydrogen) atoms. The number of nitrogens with zero attached hydrogens (tertiary/aromatic N) is 2. The van der Waals surface area contributed by atoms with Gasteiger partial charge in [-0.05, 0) is 24.6 Å². The van der Waals surface area contributed by atoms with Gasteiger partial charge in [-0.15, -0.1) is 0 Å². The zero-order chi connectivity index (χ0) is 14.2. The van der Waals surface area contributed by atoms with Gasteiger partial charge in [0.1, 0.15) is 12.2 Å². The van der Waals surface area contributed by atoms with Crippen molar-refractivity contribution in [1.29, 1.82) is 0 Å². The summed E-state index contributed by atoms with van der Waals surface area (Å²) in [4.78, 5) is 15.7. The third-order valence-corrected chi connectivity index (χ3v) is 2.97. The van der Waals surface area contributed by atoms with Gasteiger partial charge in [-0.2, -0.15) is 5.10 Å². The van der Waals surface area contributed by atoms with Gasteiger partial charge in [-0.3, -0.25) is 5.10 Å². The highest BCUT2D eigenvalue weighted by Crippen LogP contribution is 2.09. The minimum atomic E-state index is -0.302. The Kier molecular flexibility index (Phi) is 5.25. The van der Waals surface area contributed by atoms with Crippen LogP contribution in [-0.4, -0.2) is 34.8 Å². The van der Waals surface area contributed by atoms with Crippen LogP contribution in [0.15, 0.2) is 30.6 Å². The highest BCUT2D eigenvalue weighted by molar-refractivity contribution is 5.90. The molecule has 0 saturated carbocycles. The fraction of sp³-hybridized carbons (Fsp3) is 0.357. The van der Waals surface area contributed by atoms with Crippen molar-refractivity contribution in [2.24, 2.45) is 0 Å². The van der Waals surface area contributed by atoms with Crippen molar-refractivity contribution in [3.63, 3.8) is 0 Å². The fourth-order valence-electron chi connectivity index (χ4n) is 1.94. The lowest BCUT2D eigenvalue weighted by Gasteiger charge is -2.08. The van der Waals surface area contributed by atoms with Gasteiger partial charge in [0.05, 0.1) is 12.7 Å². The van der Waals surface area contributed by atoms with E-state index < -0.39 is 0 Å². The maximum Gasteiger partial charge on any atom is 0.338 e. The van der Waals surface area contributed by atoms with Crippen molar-refractivity contribution in [3.8, 4) is 0 Å². The average molecular weight is 274 g/mol. The molecule has 0 atom stereocenters. The second-order valence-electron chi connectivity index (χ2n) is 4.36. The van der Waals surface area contributed by atoms with Crippen LogP contribution in [-0.2, 0) is 17.7 Å². The molecule has 0 unspecified atom stereocenters. The molecule has 2 rings (SSSR count). The molecule has 0 spiro atoms. The number of ether oxygens (including phenoxy) is 1. The van der Waals surface area contributed by atoms with Crippen LogP contribution in [0.3, 0.4) is 0 Å². The molecule has 0 aliphatic rings. The predicted octanol–water partition coefficient (Wildman–Crippen LogP) is 1.31. The van der Waals surface area contributed by atoms with Gasteiger partial charge < -0.3 is 10.1 Å². The highest BCUT2D eigenvalue weighted by Gasteiger charge is 2.09. The van der Waals surface area contributed by atoms with E-state index in [-0.39, 0.29) is 5.97 Å². The second-order valence-corrected chi connectivity index (χ2v) is 4.36. The number of hydrogen-bond acceptors (Lipinski definition) is 5. The number of aryl methyl sites for hydroxylation is 1. The van der Waals surface area contributed by atoms with E-state index in [1.165, 1.54) is 13.4 Å². The van der Waals surface area contributed by atoms with Crippen molar-refractivity contribution < 1.29 is 9.53 Å². The van der Waals surface area contributed by atoms with E-state index in [2.05, 4.69) is 20.5 Å². The Morgan fingerprint density at radius 2 is 2.25 bits per heavy atom. The average Bonchev–Trinajstić information content (AvgIpc) is 3.00. The van der Waals surface area contributed by atoms with E-state index in [0.29, 0.717) is 12.1 Å². The van der Waals surface area contributed by atoms with Crippen LogP contribution in [0.5, 0.6) is 0 Å². The first kappa shape index (κ1) is 14.2. The minimum Gasteiger partial charge on any atom is -0.465 e. The molecule has 0 amide bonds. The van der Waals surface area contributed by atoms with E-state index in [1.807, 2.05) is 18.2 Å². The Morgan fingerprint density at radius 3 is 3.00 bits per heavy atom. The molecule has 1 heterocycles. The number of rotatable bonds is 7. The standard InChI is InChI=1S/C14H18N4O2/c1-20-14(19)12-6-3-2-5-11(12)9-15-8-4-7-13-16-10-17-18-13/h2-3,5-6,10,15H,4,7-9H2,1H3,(H,16,17,18). The Morgan fingerprint density at radius 1 is 1.40 bits per heavy atom. The Balaban J connectivity index is 1.78. The van der Waals surface area contributed by atoms with Crippen molar-refractivity contribution in [2.75, 3.05) is 13.7 Å². The van der Waals surface area contributed by atoms with E-state index >= 15 is 0 Å². The maximum atomic E-state index is 11.6. The molecular weight excluding hydrogens is 256 g/mol. The number of nitrogens with one attached hydrogen (secondary N) is 2. The molecule has 2 N–H and O–H groups in total. The topological polar surface area (TPSA) is 79.9 Å². The summed E-state index contributed by atoms with van der Waals surface area (Å²) in [7, 11) is 1.39. The molecule has 106 valence electrons. The van der Waals surface area contributed by atoms with Crippen LogP contribution in [0.4, 0.5) is 0 Å². The molecule has 0 fully saturated rings. The van der Waals surface area contributed by atoms with Crippen LogP contribution >= 0.6 is 0 Å². The fourth-order valence-corrected chi connectivity index (χ4v) is 1.94. The molecule has 0 radical (unpaired) electrons. The first-order valence-electron chi connectivity index (χ1n) is 6.52. The molecule has 0 aliphatic carbocycles. The normalized spacial score (nSPS) is 10.4. The number of H-pyrrole nitrogens is 1. The number of carbonyl (C=O) groups is 1. The molecule has 0 bridgehead atoms. The zero-order valence-electron chi connectivity index (χ0n) is 11.4. The van der Waals surface area contributed by atoms with Crippen LogP contribution in [0.1, 0.15) is 28.2 Å². The molecule has 1 aromatic carbocycles. The van der Waals surface area contributed by atoms with E-state index in [0.717, 1.165) is 30.8 Å². The number of carbonyl (C=O) groups excluding carboxylic acids is 1. The molecule has 0 saturated heterocycles. The third-order valence-electron chi connectivity index (χ3n) is 2.97. The zero-order valence-corrected chi connectivity index (χ0v) is 11.4. The van der Waals surface area contributed by atoms with Gasteiger partial charge in [-0.25, -0.2) is 9.78 Å². The molecule has 6 nitrogen and oxygen atoms in total. The largest absolute Gasteiger partial charge is 0.465 e. The van der Waals surface area contributed by atoms with Crippen molar-refractivity contribution in [2.45, 2.75) is 19.4 Å².